The number of carbonyl (C=O) groups excluding carboxylic acids is 1. The normalized spacial score (nSPS) is 16.5. The fourth-order valence-corrected chi connectivity index (χ4v) is 4.83. The quantitative estimate of drug-likeness (QED) is 0.793. The van der Waals surface area contributed by atoms with Crippen LogP contribution in [0.15, 0.2) is 44.8 Å². The fraction of sp³-hybridized carbons (Fsp3) is 0.294. The Morgan fingerprint density at radius 1 is 1.31 bits per heavy atom. The lowest BCUT2D eigenvalue weighted by molar-refractivity contribution is -0.116. The molecule has 2 heterocycles. The van der Waals surface area contributed by atoms with Gasteiger partial charge in [0.15, 0.2) is 0 Å². The van der Waals surface area contributed by atoms with E-state index >= 15 is 0 Å². The topological polar surface area (TPSA) is 88.5 Å². The van der Waals surface area contributed by atoms with Crippen LogP contribution in [0.25, 0.3) is 0 Å². The Labute approximate surface area is 159 Å². The molecule has 0 saturated heterocycles. The van der Waals surface area contributed by atoms with Crippen molar-refractivity contribution in [2.45, 2.75) is 31.2 Å². The number of sulfonamides is 1. The molecule has 7 nitrogen and oxygen atoms in total. The van der Waals surface area contributed by atoms with Gasteiger partial charge < -0.3 is 9.47 Å². The minimum absolute atomic E-state index is 0.0224. The summed E-state index contributed by atoms with van der Waals surface area (Å²) in [5.74, 6) is -0.0809. The third kappa shape index (κ3) is 3.28. The van der Waals surface area contributed by atoms with E-state index in [4.69, 9.17) is 0 Å². The molecule has 0 saturated carbocycles. The lowest BCUT2D eigenvalue weighted by atomic mass is 10.1. The monoisotopic (exact) mass is 439 g/mol. The van der Waals surface area contributed by atoms with E-state index in [0.29, 0.717) is 6.42 Å². The van der Waals surface area contributed by atoms with Gasteiger partial charge in [0, 0.05) is 38.1 Å². The first-order valence-corrected chi connectivity index (χ1v) is 10.2. The van der Waals surface area contributed by atoms with Gasteiger partial charge in [0.25, 0.3) is 10.0 Å². The number of benzene rings is 1. The van der Waals surface area contributed by atoms with E-state index in [0.717, 1.165) is 11.3 Å². The van der Waals surface area contributed by atoms with Crippen molar-refractivity contribution in [3.63, 3.8) is 0 Å². The van der Waals surface area contributed by atoms with Gasteiger partial charge in [-0.1, -0.05) is 0 Å². The van der Waals surface area contributed by atoms with Crippen LogP contribution in [0.4, 0.5) is 11.4 Å². The summed E-state index contributed by atoms with van der Waals surface area (Å²) in [6.45, 7) is 3.40. The number of nitrogens with zero attached hydrogens (tertiary/aromatic N) is 2. The van der Waals surface area contributed by atoms with E-state index in [9.17, 15) is 18.0 Å². The Morgan fingerprint density at radius 2 is 2.00 bits per heavy atom. The number of nitrogens with one attached hydrogen (secondary N) is 1. The zero-order chi connectivity index (χ0) is 19.2. The molecule has 0 aliphatic carbocycles. The second-order valence-corrected chi connectivity index (χ2v) is 8.89. The Morgan fingerprint density at radius 3 is 2.65 bits per heavy atom. The Hall–Kier alpha value is -2.13. The largest absolute Gasteiger partial charge is 0.354 e. The van der Waals surface area contributed by atoms with Gasteiger partial charge >= 0.3 is 0 Å². The second kappa shape index (κ2) is 6.55. The van der Waals surface area contributed by atoms with Crippen LogP contribution in [-0.4, -0.2) is 24.9 Å². The highest BCUT2D eigenvalue weighted by Crippen LogP contribution is 2.34. The fourth-order valence-electron chi connectivity index (χ4n) is 3.20. The molecule has 3 rings (SSSR count). The van der Waals surface area contributed by atoms with Crippen molar-refractivity contribution in [2.75, 3.05) is 9.62 Å². The van der Waals surface area contributed by atoms with Crippen LogP contribution in [0.5, 0.6) is 0 Å². The van der Waals surface area contributed by atoms with Crippen molar-refractivity contribution in [2.24, 2.45) is 7.05 Å². The molecule has 0 radical (unpaired) electrons. The van der Waals surface area contributed by atoms with Crippen molar-refractivity contribution >= 4 is 43.2 Å². The van der Waals surface area contributed by atoms with Crippen molar-refractivity contribution in [1.29, 1.82) is 0 Å². The van der Waals surface area contributed by atoms with Crippen LogP contribution in [0.2, 0.25) is 0 Å². The average molecular weight is 440 g/mol. The van der Waals surface area contributed by atoms with Crippen molar-refractivity contribution in [3.05, 3.63) is 50.9 Å². The third-order valence-electron chi connectivity index (χ3n) is 4.27. The van der Waals surface area contributed by atoms with E-state index in [1.807, 2.05) is 6.92 Å². The second-order valence-electron chi connectivity index (χ2n) is 6.35. The molecule has 2 aromatic rings. The molecule has 1 aromatic heterocycles. The van der Waals surface area contributed by atoms with E-state index in [2.05, 4.69) is 20.7 Å². The number of pyridine rings is 1. The van der Waals surface area contributed by atoms with Crippen LogP contribution in [-0.2, 0) is 28.3 Å². The summed E-state index contributed by atoms with van der Waals surface area (Å²) in [6.07, 6.45) is 3.54. The van der Waals surface area contributed by atoms with E-state index in [1.165, 1.54) is 19.2 Å². The number of aromatic nitrogens is 1. The summed E-state index contributed by atoms with van der Waals surface area (Å²) >= 11 is 3.12. The van der Waals surface area contributed by atoms with Crippen LogP contribution in [0.3, 0.4) is 0 Å². The number of anilines is 2. The number of hydrogen-bond donors (Lipinski definition) is 1. The lowest BCUT2D eigenvalue weighted by Crippen LogP contribution is -2.33. The molecular weight excluding hydrogens is 422 g/mol. The number of rotatable bonds is 3. The zero-order valence-electron chi connectivity index (χ0n) is 14.5. The molecule has 26 heavy (non-hydrogen) atoms. The summed E-state index contributed by atoms with van der Waals surface area (Å²) in [4.78, 5) is 25.7. The van der Waals surface area contributed by atoms with Crippen LogP contribution < -0.4 is 15.1 Å². The first kappa shape index (κ1) is 18.7. The SMILES string of the molecule is CC(=O)N1c2ccc(S(=O)(=O)Nc3cn(C)cc(Br)c3=O)cc2C[C@@H]1C. The minimum atomic E-state index is -3.93. The maximum absolute atomic E-state index is 12.7. The molecular formula is C17H18BrN3O4S. The maximum atomic E-state index is 12.7. The molecule has 1 amide bonds. The van der Waals surface area contributed by atoms with Gasteiger partial charge in [-0.15, -0.1) is 0 Å². The number of halogens is 1. The Balaban J connectivity index is 1.99. The standard InChI is InChI=1S/C17H18BrN3O4S/c1-10-6-12-7-13(4-5-16(12)21(10)11(2)22)26(24,25)19-15-9-20(3)8-14(18)17(15)23/h4-5,7-10,19H,6H2,1-3H3/t10-/m0/s1. The number of aryl methyl sites for hydroxylation is 1. The number of carbonyl (C=O) groups is 1. The summed E-state index contributed by atoms with van der Waals surface area (Å²) in [5.41, 5.74) is 1.03. The van der Waals surface area contributed by atoms with E-state index in [1.54, 1.807) is 34.8 Å². The molecule has 0 unspecified atom stereocenters. The number of hydrogen-bond acceptors (Lipinski definition) is 4. The molecule has 1 aliphatic heterocycles. The van der Waals surface area contributed by atoms with E-state index < -0.39 is 15.5 Å². The summed E-state index contributed by atoms with van der Waals surface area (Å²) in [7, 11) is -2.24. The van der Waals surface area contributed by atoms with Crippen LogP contribution in [0, 0.1) is 0 Å². The zero-order valence-corrected chi connectivity index (χ0v) is 16.9. The van der Waals surface area contributed by atoms with Crippen molar-refractivity contribution in [1.82, 2.24) is 4.57 Å². The third-order valence-corrected chi connectivity index (χ3v) is 6.20. The van der Waals surface area contributed by atoms with Gasteiger partial charge in [-0.05, 0) is 53.0 Å². The highest BCUT2D eigenvalue weighted by molar-refractivity contribution is 9.10. The summed E-state index contributed by atoms with van der Waals surface area (Å²) in [5, 5.41) is 0. The van der Waals surface area contributed by atoms with Gasteiger partial charge in [-0.3, -0.25) is 14.3 Å². The molecule has 1 aromatic carbocycles. The summed E-state index contributed by atoms with van der Waals surface area (Å²) < 4.78 is 29.6. The van der Waals surface area contributed by atoms with Crippen LogP contribution >= 0.6 is 15.9 Å². The molecule has 1 N–H and O–H groups in total. The first-order chi connectivity index (χ1) is 12.1. The molecule has 1 atom stereocenters. The minimum Gasteiger partial charge on any atom is -0.354 e. The van der Waals surface area contributed by atoms with Gasteiger partial charge in [-0.25, -0.2) is 8.42 Å². The van der Waals surface area contributed by atoms with Crippen LogP contribution in [0.1, 0.15) is 19.4 Å². The van der Waals surface area contributed by atoms with Gasteiger partial charge in [0.1, 0.15) is 5.69 Å². The Bertz CT molecular complexity index is 1060. The first-order valence-electron chi connectivity index (χ1n) is 7.91. The average Bonchev–Trinajstić information content (AvgIpc) is 2.86. The number of fused-ring (bicyclic) bond motifs is 1. The molecule has 138 valence electrons. The Kier molecular flexibility index (Phi) is 4.70. The van der Waals surface area contributed by atoms with Crippen molar-refractivity contribution < 1.29 is 13.2 Å². The molecule has 0 bridgehead atoms. The van der Waals surface area contributed by atoms with Gasteiger partial charge in [-0.2, -0.15) is 0 Å². The van der Waals surface area contributed by atoms with Gasteiger partial charge in [0.05, 0.1) is 9.37 Å². The predicted molar refractivity (Wildman–Crippen MR) is 103 cm³/mol. The predicted octanol–water partition coefficient (Wildman–Crippen LogP) is 2.25. The molecule has 0 spiro atoms. The molecule has 9 heteroatoms. The highest BCUT2D eigenvalue weighted by Gasteiger charge is 2.30. The smallest absolute Gasteiger partial charge is 0.262 e. The molecule has 0 fully saturated rings. The summed E-state index contributed by atoms with van der Waals surface area (Å²) in [6, 6.07) is 4.61. The molecule has 1 aliphatic rings. The highest BCUT2D eigenvalue weighted by atomic mass is 79.9. The van der Waals surface area contributed by atoms with Gasteiger partial charge in [0.2, 0.25) is 11.3 Å². The number of amides is 1. The van der Waals surface area contributed by atoms with E-state index in [-0.39, 0.29) is 27.0 Å². The maximum Gasteiger partial charge on any atom is 0.262 e. The van der Waals surface area contributed by atoms with Crippen molar-refractivity contribution in [3.8, 4) is 0 Å². The lowest BCUT2D eigenvalue weighted by Gasteiger charge is -2.20.